The number of thioether (sulfide) groups is 1. The van der Waals surface area contributed by atoms with Crippen LogP contribution in [0.15, 0.2) is 89.5 Å². The highest BCUT2D eigenvalue weighted by molar-refractivity contribution is 7.98. The topological polar surface area (TPSA) is 60.7 Å². The summed E-state index contributed by atoms with van der Waals surface area (Å²) < 4.78 is 1.99. The van der Waals surface area contributed by atoms with Gasteiger partial charge in [-0.25, -0.2) is 9.97 Å². The highest BCUT2D eigenvalue weighted by Gasteiger charge is 2.12. The lowest BCUT2D eigenvalue weighted by atomic mass is 10.1. The van der Waals surface area contributed by atoms with Crippen LogP contribution in [0, 0.1) is 6.92 Å². The van der Waals surface area contributed by atoms with E-state index in [9.17, 15) is 4.79 Å². The van der Waals surface area contributed by atoms with Gasteiger partial charge in [-0.2, -0.15) is 4.98 Å². The first kappa shape index (κ1) is 19.1. The lowest BCUT2D eigenvalue weighted by Gasteiger charge is -2.14. The van der Waals surface area contributed by atoms with Crippen LogP contribution in [0.4, 0.5) is 0 Å². The van der Waals surface area contributed by atoms with Crippen LogP contribution in [0.1, 0.15) is 22.3 Å². The number of aromatic nitrogens is 4. The Morgan fingerprint density at radius 2 is 1.66 bits per heavy atom. The zero-order valence-corrected chi connectivity index (χ0v) is 16.8. The maximum absolute atomic E-state index is 12.7. The number of rotatable bonds is 6. The number of nitrogens with zero attached hydrogens (tertiary/aromatic N) is 4. The molecule has 0 radical (unpaired) electrons. The zero-order chi connectivity index (χ0) is 20.1. The van der Waals surface area contributed by atoms with Gasteiger partial charge in [0.05, 0.1) is 0 Å². The summed E-state index contributed by atoms with van der Waals surface area (Å²) in [7, 11) is 0. The standard InChI is InChI=1S/C23H20N4OS/c1-17-7-9-18(10-8-17)15-29-23-26-22(28)20(11-19-12-24-16-25-13-19)14-27(23)21-5-3-2-4-6-21/h2-10,12-14,16H,11,15H2,1H3. The molecule has 0 aliphatic heterocycles. The number of hydrogen-bond donors (Lipinski definition) is 0. The van der Waals surface area contributed by atoms with Crippen molar-refractivity contribution in [2.24, 2.45) is 0 Å². The Kier molecular flexibility index (Phi) is 5.81. The maximum Gasteiger partial charge on any atom is 0.277 e. The van der Waals surface area contributed by atoms with E-state index in [0.29, 0.717) is 17.1 Å². The molecule has 0 unspecified atom stereocenters. The van der Waals surface area contributed by atoms with Crippen LogP contribution in [-0.4, -0.2) is 19.5 Å². The van der Waals surface area contributed by atoms with Crippen molar-refractivity contribution >= 4 is 11.8 Å². The number of hydrogen-bond acceptors (Lipinski definition) is 5. The molecule has 0 fully saturated rings. The predicted octanol–water partition coefficient (Wildman–Crippen LogP) is 4.21. The first-order chi connectivity index (χ1) is 14.2. The molecule has 0 spiro atoms. The fourth-order valence-corrected chi connectivity index (χ4v) is 3.88. The maximum atomic E-state index is 12.7. The van der Waals surface area contributed by atoms with Gasteiger partial charge in [0, 0.05) is 42.0 Å². The Balaban J connectivity index is 1.68. The first-order valence-electron chi connectivity index (χ1n) is 9.29. The largest absolute Gasteiger partial charge is 0.296 e. The zero-order valence-electron chi connectivity index (χ0n) is 16.0. The summed E-state index contributed by atoms with van der Waals surface area (Å²) in [6, 6.07) is 18.4. The van der Waals surface area contributed by atoms with Gasteiger partial charge >= 0.3 is 0 Å². The quantitative estimate of drug-likeness (QED) is 0.358. The predicted molar refractivity (Wildman–Crippen MR) is 115 cm³/mol. The molecule has 0 aliphatic carbocycles. The molecular weight excluding hydrogens is 380 g/mol. The summed E-state index contributed by atoms with van der Waals surface area (Å²) in [5, 5.41) is 0.676. The molecule has 0 N–H and O–H groups in total. The number of para-hydroxylation sites is 1. The fourth-order valence-electron chi connectivity index (χ4n) is 2.95. The van der Waals surface area contributed by atoms with Gasteiger partial charge < -0.3 is 0 Å². The fraction of sp³-hybridized carbons (Fsp3) is 0.130. The van der Waals surface area contributed by atoms with E-state index in [0.717, 1.165) is 17.0 Å². The van der Waals surface area contributed by atoms with Crippen molar-refractivity contribution in [1.29, 1.82) is 0 Å². The smallest absolute Gasteiger partial charge is 0.277 e. The van der Waals surface area contributed by atoms with E-state index in [1.54, 1.807) is 24.2 Å². The van der Waals surface area contributed by atoms with Crippen LogP contribution in [-0.2, 0) is 12.2 Å². The minimum atomic E-state index is -0.215. The second kappa shape index (κ2) is 8.84. The van der Waals surface area contributed by atoms with Crippen LogP contribution in [0.25, 0.3) is 5.69 Å². The molecule has 0 bridgehead atoms. The van der Waals surface area contributed by atoms with Crippen LogP contribution < -0.4 is 5.56 Å². The molecule has 0 saturated carbocycles. The van der Waals surface area contributed by atoms with E-state index in [1.807, 2.05) is 41.1 Å². The van der Waals surface area contributed by atoms with E-state index >= 15 is 0 Å². The van der Waals surface area contributed by atoms with Crippen LogP contribution in [0.5, 0.6) is 0 Å². The highest BCUT2D eigenvalue weighted by atomic mass is 32.2. The molecule has 0 amide bonds. The van der Waals surface area contributed by atoms with Crippen LogP contribution >= 0.6 is 11.8 Å². The second-order valence-electron chi connectivity index (χ2n) is 6.76. The molecular formula is C23H20N4OS. The summed E-state index contributed by atoms with van der Waals surface area (Å²) in [5.74, 6) is 0.741. The summed E-state index contributed by atoms with van der Waals surface area (Å²) in [5.41, 5.74) is 4.67. The lowest BCUT2D eigenvalue weighted by Crippen LogP contribution is -2.19. The third kappa shape index (κ3) is 4.78. The van der Waals surface area contributed by atoms with Crippen molar-refractivity contribution in [3.05, 3.63) is 112 Å². The Bertz CT molecular complexity index is 1140. The van der Waals surface area contributed by atoms with Crippen molar-refractivity contribution in [3.8, 4) is 5.69 Å². The Morgan fingerprint density at radius 3 is 2.38 bits per heavy atom. The lowest BCUT2D eigenvalue weighted by molar-refractivity contribution is 0.789. The van der Waals surface area contributed by atoms with Crippen molar-refractivity contribution in [2.75, 3.05) is 0 Å². The average Bonchev–Trinajstić information content (AvgIpc) is 2.76. The minimum absolute atomic E-state index is 0.215. The molecule has 0 atom stereocenters. The molecule has 2 aromatic heterocycles. The van der Waals surface area contributed by atoms with Gasteiger partial charge in [-0.05, 0) is 30.2 Å². The number of benzene rings is 2. The van der Waals surface area contributed by atoms with E-state index in [-0.39, 0.29) is 5.56 Å². The molecule has 2 aromatic carbocycles. The van der Waals surface area contributed by atoms with Gasteiger partial charge in [0.2, 0.25) is 0 Å². The summed E-state index contributed by atoms with van der Waals surface area (Å²) in [4.78, 5) is 25.2. The molecule has 144 valence electrons. The summed E-state index contributed by atoms with van der Waals surface area (Å²) in [6.07, 6.45) is 7.26. The molecule has 4 aromatic rings. The monoisotopic (exact) mass is 400 g/mol. The van der Waals surface area contributed by atoms with E-state index in [4.69, 9.17) is 0 Å². The van der Waals surface area contributed by atoms with Crippen molar-refractivity contribution in [3.63, 3.8) is 0 Å². The molecule has 0 aliphatic rings. The molecule has 4 rings (SSSR count). The summed E-state index contributed by atoms with van der Waals surface area (Å²) >= 11 is 1.56. The van der Waals surface area contributed by atoms with Crippen LogP contribution in [0.2, 0.25) is 0 Å². The van der Waals surface area contributed by atoms with E-state index < -0.39 is 0 Å². The first-order valence-corrected chi connectivity index (χ1v) is 10.3. The molecule has 5 nitrogen and oxygen atoms in total. The van der Waals surface area contributed by atoms with Gasteiger partial charge in [-0.15, -0.1) is 0 Å². The van der Waals surface area contributed by atoms with Crippen molar-refractivity contribution < 1.29 is 0 Å². The second-order valence-corrected chi connectivity index (χ2v) is 7.70. The third-order valence-electron chi connectivity index (χ3n) is 4.49. The van der Waals surface area contributed by atoms with Gasteiger partial charge in [-0.3, -0.25) is 9.36 Å². The Hall–Kier alpha value is -3.25. The van der Waals surface area contributed by atoms with Gasteiger partial charge in [0.1, 0.15) is 6.33 Å². The normalized spacial score (nSPS) is 10.8. The molecule has 6 heteroatoms. The van der Waals surface area contributed by atoms with Crippen molar-refractivity contribution in [1.82, 2.24) is 19.5 Å². The Labute approximate surface area is 173 Å². The third-order valence-corrected chi connectivity index (χ3v) is 5.52. The van der Waals surface area contributed by atoms with Gasteiger partial charge in [0.15, 0.2) is 5.16 Å². The van der Waals surface area contributed by atoms with Crippen molar-refractivity contribution in [2.45, 2.75) is 24.3 Å². The molecule has 0 saturated heterocycles. The SMILES string of the molecule is Cc1ccc(CSc2nc(=O)c(Cc3cncnc3)cn2-c2ccccc2)cc1. The highest BCUT2D eigenvalue weighted by Crippen LogP contribution is 2.24. The van der Waals surface area contributed by atoms with E-state index in [2.05, 4.69) is 46.1 Å². The van der Waals surface area contributed by atoms with Gasteiger partial charge in [-0.1, -0.05) is 59.8 Å². The molecule has 2 heterocycles. The summed E-state index contributed by atoms with van der Waals surface area (Å²) in [6.45, 7) is 2.07. The van der Waals surface area contributed by atoms with E-state index in [1.165, 1.54) is 17.5 Å². The average molecular weight is 401 g/mol. The minimum Gasteiger partial charge on any atom is -0.296 e. The molecule has 29 heavy (non-hydrogen) atoms. The number of aryl methyl sites for hydroxylation is 1. The van der Waals surface area contributed by atoms with Crippen LogP contribution in [0.3, 0.4) is 0 Å². The van der Waals surface area contributed by atoms with Gasteiger partial charge in [0.25, 0.3) is 5.56 Å². The Morgan fingerprint density at radius 1 is 0.931 bits per heavy atom.